The van der Waals surface area contributed by atoms with E-state index in [1.807, 2.05) is 0 Å². The standard InChI is InChI=1S/C19H36O3/c1-2-3-4-5-6-7-9-12-15-18(20)16-13-10-8-11-14-17-19(21)22/h2-17H2,1H3,(H,21,22). The van der Waals surface area contributed by atoms with Gasteiger partial charge in [0.15, 0.2) is 0 Å². The van der Waals surface area contributed by atoms with Gasteiger partial charge in [0.25, 0.3) is 0 Å². The third-order valence-corrected chi connectivity index (χ3v) is 4.16. The zero-order chi connectivity index (χ0) is 16.5. The second kappa shape index (κ2) is 16.5. The molecule has 0 aliphatic heterocycles. The summed E-state index contributed by atoms with van der Waals surface area (Å²) >= 11 is 0. The highest BCUT2D eigenvalue weighted by molar-refractivity contribution is 5.78. The number of carbonyl (C=O) groups is 2. The normalized spacial score (nSPS) is 10.8. The Morgan fingerprint density at radius 3 is 1.36 bits per heavy atom. The number of hydrogen-bond acceptors (Lipinski definition) is 2. The number of carbonyl (C=O) groups excluding carboxylic acids is 1. The number of hydrogen-bond donors (Lipinski definition) is 1. The molecular weight excluding hydrogens is 276 g/mol. The number of rotatable bonds is 17. The molecule has 0 aromatic rings. The summed E-state index contributed by atoms with van der Waals surface area (Å²) in [6, 6.07) is 0. The van der Waals surface area contributed by atoms with E-state index in [9.17, 15) is 9.59 Å². The van der Waals surface area contributed by atoms with Gasteiger partial charge in [0, 0.05) is 19.3 Å². The van der Waals surface area contributed by atoms with Crippen molar-refractivity contribution in [1.29, 1.82) is 0 Å². The van der Waals surface area contributed by atoms with Gasteiger partial charge in [-0.15, -0.1) is 0 Å². The minimum Gasteiger partial charge on any atom is -0.481 e. The fraction of sp³-hybridized carbons (Fsp3) is 0.895. The third kappa shape index (κ3) is 17.2. The summed E-state index contributed by atoms with van der Waals surface area (Å²) in [7, 11) is 0. The summed E-state index contributed by atoms with van der Waals surface area (Å²) in [5, 5.41) is 8.52. The van der Waals surface area contributed by atoms with E-state index in [-0.39, 0.29) is 6.42 Å². The minimum absolute atomic E-state index is 0.275. The molecule has 0 atom stereocenters. The summed E-state index contributed by atoms with van der Waals surface area (Å²) in [5.74, 6) is -0.294. The molecule has 0 amide bonds. The number of unbranched alkanes of at least 4 members (excludes halogenated alkanes) is 11. The molecular formula is C19H36O3. The summed E-state index contributed by atoms with van der Waals surface area (Å²) < 4.78 is 0. The highest BCUT2D eigenvalue weighted by Crippen LogP contribution is 2.12. The predicted molar refractivity (Wildman–Crippen MR) is 92.2 cm³/mol. The monoisotopic (exact) mass is 312 g/mol. The van der Waals surface area contributed by atoms with Crippen molar-refractivity contribution in [3.63, 3.8) is 0 Å². The van der Waals surface area contributed by atoms with E-state index in [1.165, 1.54) is 44.9 Å². The van der Waals surface area contributed by atoms with Crippen LogP contribution in [0.2, 0.25) is 0 Å². The van der Waals surface area contributed by atoms with Gasteiger partial charge in [-0.05, 0) is 19.3 Å². The molecule has 3 nitrogen and oxygen atoms in total. The summed E-state index contributed by atoms with van der Waals surface area (Å²) in [6.07, 6.45) is 16.8. The van der Waals surface area contributed by atoms with Crippen LogP contribution in [-0.2, 0) is 9.59 Å². The van der Waals surface area contributed by atoms with Gasteiger partial charge in [0.05, 0.1) is 0 Å². The van der Waals surface area contributed by atoms with Crippen molar-refractivity contribution in [2.75, 3.05) is 0 Å². The lowest BCUT2D eigenvalue weighted by Crippen LogP contribution is -1.98. The number of ketones is 1. The van der Waals surface area contributed by atoms with Gasteiger partial charge in [0.1, 0.15) is 5.78 Å². The quantitative estimate of drug-likeness (QED) is 0.340. The molecule has 0 radical (unpaired) electrons. The number of Topliss-reactive ketones (excluding diaryl/α,β-unsaturated/α-hetero) is 1. The van der Waals surface area contributed by atoms with Crippen LogP contribution in [0.15, 0.2) is 0 Å². The molecule has 0 saturated carbocycles. The molecule has 0 aromatic heterocycles. The van der Waals surface area contributed by atoms with Crippen LogP contribution in [0.5, 0.6) is 0 Å². The molecule has 0 bridgehead atoms. The highest BCUT2D eigenvalue weighted by atomic mass is 16.4. The van der Waals surface area contributed by atoms with Crippen LogP contribution < -0.4 is 0 Å². The molecule has 0 rings (SSSR count). The van der Waals surface area contributed by atoms with Crippen molar-refractivity contribution in [1.82, 2.24) is 0 Å². The number of carboxylic acids is 1. The Hall–Kier alpha value is -0.860. The largest absolute Gasteiger partial charge is 0.481 e. The van der Waals surface area contributed by atoms with Gasteiger partial charge in [-0.3, -0.25) is 9.59 Å². The van der Waals surface area contributed by atoms with Crippen molar-refractivity contribution >= 4 is 11.8 Å². The van der Waals surface area contributed by atoms with Gasteiger partial charge < -0.3 is 5.11 Å². The Balaban J connectivity index is 3.18. The highest BCUT2D eigenvalue weighted by Gasteiger charge is 2.02. The van der Waals surface area contributed by atoms with Crippen molar-refractivity contribution in [3.05, 3.63) is 0 Å². The minimum atomic E-state index is -0.708. The van der Waals surface area contributed by atoms with Crippen LogP contribution in [0.3, 0.4) is 0 Å². The maximum absolute atomic E-state index is 11.7. The van der Waals surface area contributed by atoms with Crippen LogP contribution in [-0.4, -0.2) is 16.9 Å². The average Bonchev–Trinajstić information content (AvgIpc) is 2.48. The first kappa shape index (κ1) is 21.1. The number of aliphatic carboxylic acids is 1. The van der Waals surface area contributed by atoms with Gasteiger partial charge in [0.2, 0.25) is 0 Å². The molecule has 0 saturated heterocycles. The maximum Gasteiger partial charge on any atom is 0.303 e. The van der Waals surface area contributed by atoms with E-state index >= 15 is 0 Å². The first-order valence-electron chi connectivity index (χ1n) is 9.40. The molecule has 0 aliphatic rings. The van der Waals surface area contributed by atoms with Crippen LogP contribution in [0.25, 0.3) is 0 Å². The van der Waals surface area contributed by atoms with E-state index < -0.39 is 5.97 Å². The zero-order valence-corrected chi connectivity index (χ0v) is 14.6. The Kier molecular flexibility index (Phi) is 15.9. The molecule has 0 spiro atoms. The first-order chi connectivity index (χ1) is 10.7. The van der Waals surface area contributed by atoms with Crippen LogP contribution in [0.4, 0.5) is 0 Å². The lowest BCUT2D eigenvalue weighted by molar-refractivity contribution is -0.137. The van der Waals surface area contributed by atoms with Crippen molar-refractivity contribution in [3.8, 4) is 0 Å². The van der Waals surface area contributed by atoms with Gasteiger partial charge in [-0.1, -0.05) is 71.1 Å². The number of carboxylic acid groups (broad SMARTS) is 1. The first-order valence-corrected chi connectivity index (χ1v) is 9.40. The molecule has 0 aromatic carbocycles. The molecule has 0 aliphatic carbocycles. The lowest BCUT2D eigenvalue weighted by atomic mass is 10.0. The fourth-order valence-electron chi connectivity index (χ4n) is 2.71. The van der Waals surface area contributed by atoms with Crippen molar-refractivity contribution < 1.29 is 14.7 Å². The fourth-order valence-corrected chi connectivity index (χ4v) is 2.71. The van der Waals surface area contributed by atoms with Gasteiger partial charge in [-0.25, -0.2) is 0 Å². The maximum atomic E-state index is 11.7. The molecule has 130 valence electrons. The lowest BCUT2D eigenvalue weighted by Gasteiger charge is -2.03. The van der Waals surface area contributed by atoms with E-state index in [0.717, 1.165) is 51.4 Å². The Morgan fingerprint density at radius 2 is 0.955 bits per heavy atom. The van der Waals surface area contributed by atoms with Crippen molar-refractivity contribution in [2.24, 2.45) is 0 Å². The molecule has 3 heteroatoms. The molecule has 0 heterocycles. The molecule has 22 heavy (non-hydrogen) atoms. The zero-order valence-electron chi connectivity index (χ0n) is 14.6. The second-order valence-corrected chi connectivity index (χ2v) is 6.43. The van der Waals surface area contributed by atoms with Crippen LogP contribution in [0, 0.1) is 0 Å². The summed E-state index contributed by atoms with van der Waals surface area (Å²) in [5.41, 5.74) is 0. The third-order valence-electron chi connectivity index (χ3n) is 4.16. The van der Waals surface area contributed by atoms with E-state index in [0.29, 0.717) is 5.78 Å². The second-order valence-electron chi connectivity index (χ2n) is 6.43. The molecule has 0 unspecified atom stereocenters. The summed E-state index contributed by atoms with van der Waals surface area (Å²) in [4.78, 5) is 22.1. The Labute approximate surface area is 136 Å². The topological polar surface area (TPSA) is 54.4 Å². The SMILES string of the molecule is CCCCCCCCCCC(=O)CCCCCCCC(=O)O. The smallest absolute Gasteiger partial charge is 0.303 e. The van der Waals surface area contributed by atoms with E-state index in [4.69, 9.17) is 5.11 Å². The Bertz CT molecular complexity index is 274. The average molecular weight is 312 g/mol. The molecule has 1 N–H and O–H groups in total. The van der Waals surface area contributed by atoms with Gasteiger partial charge in [-0.2, -0.15) is 0 Å². The Morgan fingerprint density at radius 1 is 0.591 bits per heavy atom. The van der Waals surface area contributed by atoms with E-state index in [1.54, 1.807) is 0 Å². The van der Waals surface area contributed by atoms with Crippen molar-refractivity contribution in [2.45, 2.75) is 110 Å². The van der Waals surface area contributed by atoms with Crippen LogP contribution in [0.1, 0.15) is 110 Å². The van der Waals surface area contributed by atoms with Crippen LogP contribution >= 0.6 is 0 Å². The summed E-state index contributed by atoms with van der Waals surface area (Å²) in [6.45, 7) is 2.24. The van der Waals surface area contributed by atoms with E-state index in [2.05, 4.69) is 6.92 Å². The predicted octanol–water partition coefficient (Wildman–Crippen LogP) is 5.90. The van der Waals surface area contributed by atoms with Gasteiger partial charge >= 0.3 is 5.97 Å². The molecule has 0 fully saturated rings.